The molecule has 1 aliphatic rings. The van der Waals surface area contributed by atoms with Crippen LogP contribution < -0.4 is 14.8 Å². The first-order valence-corrected chi connectivity index (χ1v) is 13.3. The molecule has 0 aliphatic carbocycles. The van der Waals surface area contributed by atoms with Crippen molar-refractivity contribution >= 4 is 33.5 Å². The summed E-state index contributed by atoms with van der Waals surface area (Å²) in [5.41, 5.74) is 4.16. The van der Waals surface area contributed by atoms with Gasteiger partial charge < -0.3 is 10.1 Å². The first-order chi connectivity index (χ1) is 17.7. The number of aromatic nitrogens is 2. The van der Waals surface area contributed by atoms with Gasteiger partial charge in [-0.3, -0.25) is 4.79 Å². The Kier molecular flexibility index (Phi) is 6.57. The van der Waals surface area contributed by atoms with Gasteiger partial charge >= 0.3 is 0 Å². The number of amides is 1. The van der Waals surface area contributed by atoms with Crippen molar-refractivity contribution in [3.63, 3.8) is 0 Å². The molecule has 188 valence electrons. The molecule has 0 spiro atoms. The maximum absolute atomic E-state index is 13.2. The molecule has 4 bridgehead atoms. The summed E-state index contributed by atoms with van der Waals surface area (Å²) in [6, 6.07) is 20.4. The zero-order chi connectivity index (χ0) is 26.2. The van der Waals surface area contributed by atoms with Gasteiger partial charge in [-0.05, 0) is 60.9 Å². The first-order valence-electron chi connectivity index (χ1n) is 11.5. The first kappa shape index (κ1) is 24.7. The summed E-state index contributed by atoms with van der Waals surface area (Å²) < 4.78 is 35.1. The molecule has 1 aromatic heterocycles. The van der Waals surface area contributed by atoms with E-state index in [1.165, 1.54) is 18.2 Å². The highest BCUT2D eigenvalue weighted by atomic mass is 35.5. The van der Waals surface area contributed by atoms with Crippen LogP contribution >= 0.6 is 11.6 Å². The van der Waals surface area contributed by atoms with Gasteiger partial charge in [-0.2, -0.15) is 4.98 Å². The largest absolute Gasteiger partial charge is 0.467 e. The zero-order valence-electron chi connectivity index (χ0n) is 20.0. The Hall–Kier alpha value is -3.95. The molecule has 0 saturated heterocycles. The molecule has 0 saturated carbocycles. The van der Waals surface area contributed by atoms with Gasteiger partial charge in [0.2, 0.25) is 11.8 Å². The highest BCUT2D eigenvalue weighted by Crippen LogP contribution is 2.31. The van der Waals surface area contributed by atoms with Crippen LogP contribution in [-0.4, -0.2) is 30.8 Å². The van der Waals surface area contributed by atoms with E-state index in [4.69, 9.17) is 16.3 Å². The summed E-state index contributed by atoms with van der Waals surface area (Å²) in [5, 5.41) is 3.34. The Labute approximate surface area is 219 Å². The van der Waals surface area contributed by atoms with Gasteiger partial charge in [-0.1, -0.05) is 48.0 Å². The van der Waals surface area contributed by atoms with E-state index in [1.54, 1.807) is 30.3 Å². The van der Waals surface area contributed by atoms with Gasteiger partial charge in [0, 0.05) is 22.2 Å². The molecule has 0 radical (unpaired) electrons. The van der Waals surface area contributed by atoms with Crippen molar-refractivity contribution in [3.05, 3.63) is 100 Å². The SMILES string of the molecule is Cc1cccc(C)c1-c1cc2nc(n1)NS(=O)(=O)c1cccc(c1)C(=O)NCC(c1cccc(Cl)c1)O2. The monoisotopic (exact) mass is 534 g/mol. The topological polar surface area (TPSA) is 110 Å². The van der Waals surface area contributed by atoms with E-state index >= 15 is 0 Å². The molecule has 2 N–H and O–H groups in total. The van der Waals surface area contributed by atoms with Crippen LogP contribution in [0.4, 0.5) is 5.95 Å². The zero-order valence-corrected chi connectivity index (χ0v) is 21.6. The summed E-state index contributed by atoms with van der Waals surface area (Å²) in [6.45, 7) is 3.99. The molecular weight excluding hydrogens is 512 g/mol. The number of ether oxygens (including phenoxy) is 1. The lowest BCUT2D eigenvalue weighted by molar-refractivity contribution is 0.0925. The van der Waals surface area contributed by atoms with Crippen molar-refractivity contribution in [1.82, 2.24) is 15.3 Å². The van der Waals surface area contributed by atoms with E-state index in [9.17, 15) is 13.2 Å². The fraction of sp³-hybridized carbons (Fsp3) is 0.148. The number of fused-ring (bicyclic) bond motifs is 4. The highest BCUT2D eigenvalue weighted by Gasteiger charge is 2.23. The predicted octanol–water partition coefficient (Wildman–Crippen LogP) is 5.08. The minimum Gasteiger partial charge on any atom is -0.467 e. The number of aryl methyl sites for hydroxylation is 2. The fourth-order valence-electron chi connectivity index (χ4n) is 4.23. The minimum absolute atomic E-state index is 0.0850. The summed E-state index contributed by atoms with van der Waals surface area (Å²) in [4.78, 5) is 21.7. The summed E-state index contributed by atoms with van der Waals surface area (Å²) in [6.07, 6.45) is -0.670. The molecule has 5 rings (SSSR count). The van der Waals surface area contributed by atoms with Crippen molar-refractivity contribution in [2.24, 2.45) is 0 Å². The summed E-state index contributed by atoms with van der Waals surface area (Å²) in [7, 11) is -4.10. The number of carbonyl (C=O) groups is 1. The van der Waals surface area contributed by atoms with Crippen molar-refractivity contribution in [1.29, 1.82) is 0 Å². The van der Waals surface area contributed by atoms with Crippen LogP contribution in [0.15, 0.2) is 77.7 Å². The Morgan fingerprint density at radius 3 is 2.43 bits per heavy atom. The van der Waals surface area contributed by atoms with E-state index in [2.05, 4.69) is 20.0 Å². The second-order valence-electron chi connectivity index (χ2n) is 8.69. The Balaban J connectivity index is 1.69. The Morgan fingerprint density at radius 2 is 1.68 bits per heavy atom. The third-order valence-electron chi connectivity index (χ3n) is 6.00. The number of benzene rings is 3. The summed E-state index contributed by atoms with van der Waals surface area (Å²) in [5.74, 6) is -0.458. The average molecular weight is 535 g/mol. The average Bonchev–Trinajstić information content (AvgIpc) is 2.86. The molecule has 2 heterocycles. The van der Waals surface area contributed by atoms with Crippen LogP contribution in [0.5, 0.6) is 5.88 Å². The number of hydrogen-bond donors (Lipinski definition) is 2. The number of nitrogens with zero attached hydrogens (tertiary/aromatic N) is 2. The van der Waals surface area contributed by atoms with E-state index in [0.717, 1.165) is 16.7 Å². The van der Waals surface area contributed by atoms with Crippen LogP contribution in [0.3, 0.4) is 0 Å². The number of nitrogens with one attached hydrogen (secondary N) is 2. The van der Waals surface area contributed by atoms with E-state index in [-0.39, 0.29) is 28.8 Å². The standard InChI is InChI=1S/C27H23ClN4O4S/c1-16-6-3-7-17(2)25(16)22-14-24-31-27(30-22)32-37(34,35)21-11-5-9-19(13-21)26(33)29-15-23(36-24)18-8-4-10-20(28)12-18/h3-14,23H,15H2,1-2H3,(H,29,33)(H,30,31,32). The summed E-state index contributed by atoms with van der Waals surface area (Å²) >= 11 is 6.23. The normalized spacial score (nSPS) is 16.7. The van der Waals surface area contributed by atoms with E-state index in [1.807, 2.05) is 38.1 Å². The van der Waals surface area contributed by atoms with Crippen molar-refractivity contribution in [2.45, 2.75) is 24.8 Å². The molecule has 0 fully saturated rings. The molecule has 4 aromatic rings. The number of carbonyl (C=O) groups excluding carboxylic acids is 1. The maximum atomic E-state index is 13.2. The molecule has 10 heteroatoms. The second-order valence-corrected chi connectivity index (χ2v) is 10.8. The van der Waals surface area contributed by atoms with Gasteiger partial charge in [-0.25, -0.2) is 18.1 Å². The molecule has 1 atom stereocenters. The van der Waals surface area contributed by atoms with Crippen LogP contribution in [0.1, 0.15) is 33.2 Å². The predicted molar refractivity (Wildman–Crippen MR) is 141 cm³/mol. The second kappa shape index (κ2) is 9.84. The maximum Gasteiger partial charge on any atom is 0.264 e. The smallest absolute Gasteiger partial charge is 0.264 e. The van der Waals surface area contributed by atoms with Crippen LogP contribution in [0, 0.1) is 13.8 Å². The number of sulfonamides is 1. The molecule has 1 aliphatic heterocycles. The fourth-order valence-corrected chi connectivity index (χ4v) is 5.42. The highest BCUT2D eigenvalue weighted by molar-refractivity contribution is 7.92. The van der Waals surface area contributed by atoms with Crippen molar-refractivity contribution in [3.8, 4) is 17.1 Å². The number of anilines is 1. The lowest BCUT2D eigenvalue weighted by Gasteiger charge is -2.21. The Morgan fingerprint density at radius 1 is 0.946 bits per heavy atom. The van der Waals surface area contributed by atoms with Gasteiger partial charge in [0.1, 0.15) is 6.10 Å². The third kappa shape index (κ3) is 5.28. The third-order valence-corrected chi connectivity index (χ3v) is 7.56. The lowest BCUT2D eigenvalue weighted by Crippen LogP contribution is -2.30. The van der Waals surface area contributed by atoms with Crippen LogP contribution in [0.25, 0.3) is 11.3 Å². The van der Waals surface area contributed by atoms with Gasteiger partial charge in [0.25, 0.3) is 15.9 Å². The van der Waals surface area contributed by atoms with Gasteiger partial charge in [0.15, 0.2) is 0 Å². The molecule has 1 amide bonds. The quantitative estimate of drug-likeness (QED) is 0.371. The number of rotatable bonds is 2. The van der Waals surface area contributed by atoms with Gasteiger partial charge in [0.05, 0.1) is 17.1 Å². The van der Waals surface area contributed by atoms with Crippen molar-refractivity contribution < 1.29 is 17.9 Å². The lowest BCUT2D eigenvalue weighted by atomic mass is 10.00. The molecule has 8 nitrogen and oxygen atoms in total. The van der Waals surface area contributed by atoms with Crippen LogP contribution in [0.2, 0.25) is 5.02 Å². The minimum atomic E-state index is -4.10. The number of halogens is 1. The molecule has 1 unspecified atom stereocenters. The Bertz CT molecular complexity index is 1600. The van der Waals surface area contributed by atoms with E-state index in [0.29, 0.717) is 16.3 Å². The molecule has 3 aromatic carbocycles. The molecular formula is C27H23ClN4O4S. The van der Waals surface area contributed by atoms with Gasteiger partial charge in [-0.15, -0.1) is 0 Å². The van der Waals surface area contributed by atoms with Crippen LogP contribution in [-0.2, 0) is 10.0 Å². The molecule has 37 heavy (non-hydrogen) atoms. The van der Waals surface area contributed by atoms with Crippen molar-refractivity contribution in [2.75, 3.05) is 11.3 Å². The number of hydrogen-bond acceptors (Lipinski definition) is 6. The van der Waals surface area contributed by atoms with E-state index < -0.39 is 22.0 Å².